The van der Waals surface area contributed by atoms with E-state index >= 15 is 0 Å². The van der Waals surface area contributed by atoms with Crippen LogP contribution in [0.15, 0.2) is 67.4 Å². The Morgan fingerprint density at radius 3 is 2.56 bits per heavy atom. The van der Waals surface area contributed by atoms with Gasteiger partial charge in [-0.05, 0) is 41.5 Å². The minimum Gasteiger partial charge on any atom is -0.253 e. The van der Waals surface area contributed by atoms with Crippen molar-refractivity contribution in [3.63, 3.8) is 0 Å². The predicted molar refractivity (Wildman–Crippen MR) is 90.4 cm³/mol. The second kappa shape index (κ2) is 6.46. The van der Waals surface area contributed by atoms with Crippen LogP contribution in [0.2, 0.25) is 0 Å². The summed E-state index contributed by atoms with van der Waals surface area (Å²) in [4.78, 5) is 7.88. The van der Waals surface area contributed by atoms with E-state index in [2.05, 4.69) is 15.1 Å². The zero-order valence-corrected chi connectivity index (χ0v) is 13.7. The molecule has 4 aromatic rings. The van der Waals surface area contributed by atoms with Gasteiger partial charge in [0.2, 0.25) is 0 Å². The number of nitrogens with zero attached hydrogens (tertiary/aromatic N) is 4. The Kier molecular flexibility index (Phi) is 4.10. The Bertz CT molecular complexity index is 1090. The van der Waals surface area contributed by atoms with Gasteiger partial charge in [0, 0.05) is 11.6 Å². The van der Waals surface area contributed by atoms with Gasteiger partial charge in [0.15, 0.2) is 0 Å². The number of benzene rings is 2. The molecule has 8 heteroatoms. The highest BCUT2D eigenvalue weighted by Gasteiger charge is 2.31. The number of pyridine rings is 1. The van der Waals surface area contributed by atoms with Crippen molar-refractivity contribution in [2.75, 3.05) is 0 Å². The standard InChI is InChI=1S/C19H12F4N4/c20-16-9-14(7-12-4-2-6-25-17(12)16)18(27-11-24-10-26-27)13-3-1-5-15(8-13)19(21,22)23/h1-11,18H. The molecule has 0 saturated heterocycles. The SMILES string of the molecule is Fc1cc(C(c2cccc(C(F)(F)F)c2)n2cncn2)cc2cccnc12. The normalized spacial score (nSPS) is 13.0. The number of halogens is 4. The topological polar surface area (TPSA) is 43.6 Å². The quantitative estimate of drug-likeness (QED) is 0.493. The van der Waals surface area contributed by atoms with Crippen LogP contribution in [0, 0.1) is 5.82 Å². The molecule has 1 atom stereocenters. The summed E-state index contributed by atoms with van der Waals surface area (Å²) in [6.45, 7) is 0. The molecule has 4 rings (SSSR count). The van der Waals surface area contributed by atoms with Crippen molar-refractivity contribution in [3.05, 3.63) is 89.9 Å². The maximum atomic E-state index is 14.5. The molecule has 0 spiro atoms. The minimum atomic E-state index is -4.48. The van der Waals surface area contributed by atoms with Crippen LogP contribution >= 0.6 is 0 Å². The van der Waals surface area contributed by atoms with Crippen LogP contribution in [-0.2, 0) is 6.18 Å². The number of rotatable bonds is 3. The molecular formula is C19H12F4N4. The fourth-order valence-corrected chi connectivity index (χ4v) is 3.06. The highest BCUT2D eigenvalue weighted by Crippen LogP contribution is 2.34. The Morgan fingerprint density at radius 2 is 1.81 bits per heavy atom. The summed E-state index contributed by atoms with van der Waals surface area (Å²) in [6, 6.07) is 10.5. The molecule has 4 nitrogen and oxygen atoms in total. The average molecular weight is 372 g/mol. The van der Waals surface area contributed by atoms with Gasteiger partial charge in [0.05, 0.1) is 5.56 Å². The van der Waals surface area contributed by atoms with E-state index in [1.807, 2.05) is 0 Å². The first kappa shape index (κ1) is 17.1. The maximum absolute atomic E-state index is 14.5. The van der Waals surface area contributed by atoms with Crippen molar-refractivity contribution in [2.45, 2.75) is 12.2 Å². The van der Waals surface area contributed by atoms with E-state index < -0.39 is 23.6 Å². The van der Waals surface area contributed by atoms with Crippen LogP contribution < -0.4 is 0 Å². The summed E-state index contributed by atoms with van der Waals surface area (Å²) >= 11 is 0. The summed E-state index contributed by atoms with van der Waals surface area (Å²) in [7, 11) is 0. The molecule has 0 aliphatic heterocycles. The van der Waals surface area contributed by atoms with Crippen molar-refractivity contribution in [2.24, 2.45) is 0 Å². The van der Waals surface area contributed by atoms with E-state index in [0.29, 0.717) is 16.5 Å². The molecular weight excluding hydrogens is 360 g/mol. The van der Waals surface area contributed by atoms with Crippen molar-refractivity contribution in [1.82, 2.24) is 19.7 Å². The van der Waals surface area contributed by atoms with Crippen LogP contribution in [0.5, 0.6) is 0 Å². The highest BCUT2D eigenvalue weighted by molar-refractivity contribution is 5.80. The molecule has 0 amide bonds. The lowest BCUT2D eigenvalue weighted by Gasteiger charge is -2.20. The minimum absolute atomic E-state index is 0.197. The van der Waals surface area contributed by atoms with Crippen LogP contribution in [0.4, 0.5) is 17.6 Å². The molecule has 27 heavy (non-hydrogen) atoms. The van der Waals surface area contributed by atoms with Gasteiger partial charge in [0.1, 0.15) is 30.0 Å². The Balaban J connectivity index is 1.92. The lowest BCUT2D eigenvalue weighted by atomic mass is 9.95. The first-order valence-electron chi connectivity index (χ1n) is 7.99. The summed E-state index contributed by atoms with van der Waals surface area (Å²) in [5.41, 5.74) is 0.173. The van der Waals surface area contributed by atoms with Crippen LogP contribution in [0.3, 0.4) is 0 Å². The lowest BCUT2D eigenvalue weighted by molar-refractivity contribution is -0.137. The van der Waals surface area contributed by atoms with E-state index in [-0.39, 0.29) is 5.52 Å². The number of hydrogen-bond donors (Lipinski definition) is 0. The average Bonchev–Trinajstić information content (AvgIpc) is 3.16. The first-order valence-corrected chi connectivity index (χ1v) is 7.99. The molecule has 2 aromatic heterocycles. The molecule has 2 aromatic carbocycles. The molecule has 136 valence electrons. The predicted octanol–water partition coefficient (Wildman–Crippen LogP) is 4.62. The summed E-state index contributed by atoms with van der Waals surface area (Å²) in [5, 5.41) is 4.60. The molecule has 0 aliphatic carbocycles. The van der Waals surface area contributed by atoms with Crippen LogP contribution in [0.25, 0.3) is 10.9 Å². The highest BCUT2D eigenvalue weighted by atomic mass is 19.4. The van der Waals surface area contributed by atoms with Gasteiger partial charge in [-0.3, -0.25) is 4.98 Å². The largest absolute Gasteiger partial charge is 0.416 e. The van der Waals surface area contributed by atoms with Gasteiger partial charge in [0.25, 0.3) is 0 Å². The molecule has 1 unspecified atom stereocenters. The van der Waals surface area contributed by atoms with E-state index in [9.17, 15) is 17.6 Å². The third-order valence-corrected chi connectivity index (χ3v) is 4.23. The van der Waals surface area contributed by atoms with Gasteiger partial charge in [-0.1, -0.05) is 18.2 Å². The molecule has 0 fully saturated rings. The smallest absolute Gasteiger partial charge is 0.253 e. The third kappa shape index (κ3) is 3.25. The van der Waals surface area contributed by atoms with Gasteiger partial charge >= 0.3 is 6.18 Å². The third-order valence-electron chi connectivity index (χ3n) is 4.23. The Morgan fingerprint density at radius 1 is 0.963 bits per heavy atom. The second-order valence-corrected chi connectivity index (χ2v) is 5.98. The fraction of sp³-hybridized carbons (Fsp3) is 0.105. The zero-order valence-electron chi connectivity index (χ0n) is 13.7. The van der Waals surface area contributed by atoms with Crippen LogP contribution in [0.1, 0.15) is 22.7 Å². The summed E-state index contributed by atoms with van der Waals surface area (Å²) in [5.74, 6) is -0.555. The van der Waals surface area contributed by atoms with Gasteiger partial charge in [-0.25, -0.2) is 14.1 Å². The molecule has 2 heterocycles. The number of alkyl halides is 3. The second-order valence-electron chi connectivity index (χ2n) is 5.98. The van der Waals surface area contributed by atoms with Crippen molar-refractivity contribution in [1.29, 1.82) is 0 Å². The maximum Gasteiger partial charge on any atom is 0.416 e. The van der Waals surface area contributed by atoms with E-state index in [1.165, 1.54) is 35.7 Å². The van der Waals surface area contributed by atoms with Crippen molar-refractivity contribution >= 4 is 10.9 Å². The monoisotopic (exact) mass is 372 g/mol. The van der Waals surface area contributed by atoms with E-state index in [0.717, 1.165) is 12.1 Å². The molecule has 0 radical (unpaired) electrons. The zero-order chi connectivity index (χ0) is 19.0. The van der Waals surface area contributed by atoms with Crippen molar-refractivity contribution < 1.29 is 17.6 Å². The van der Waals surface area contributed by atoms with Gasteiger partial charge < -0.3 is 0 Å². The molecule has 0 N–H and O–H groups in total. The van der Waals surface area contributed by atoms with Gasteiger partial charge in [-0.2, -0.15) is 18.3 Å². The number of hydrogen-bond acceptors (Lipinski definition) is 3. The Hall–Kier alpha value is -3.29. The summed E-state index contributed by atoms with van der Waals surface area (Å²) < 4.78 is 55.4. The van der Waals surface area contributed by atoms with Crippen LogP contribution in [-0.4, -0.2) is 19.7 Å². The number of aromatic nitrogens is 4. The van der Waals surface area contributed by atoms with E-state index in [4.69, 9.17) is 0 Å². The van der Waals surface area contributed by atoms with E-state index in [1.54, 1.807) is 24.3 Å². The fourth-order valence-electron chi connectivity index (χ4n) is 3.06. The van der Waals surface area contributed by atoms with Gasteiger partial charge in [-0.15, -0.1) is 0 Å². The van der Waals surface area contributed by atoms with Crippen molar-refractivity contribution in [3.8, 4) is 0 Å². The lowest BCUT2D eigenvalue weighted by Crippen LogP contribution is -2.15. The number of fused-ring (bicyclic) bond motifs is 1. The molecule has 0 bridgehead atoms. The summed E-state index contributed by atoms with van der Waals surface area (Å²) in [6.07, 6.45) is -0.343. The molecule has 0 aliphatic rings. The Labute approximate surface area is 151 Å². The molecule has 0 saturated carbocycles. The first-order chi connectivity index (χ1) is 12.9.